The fraction of sp³-hybridized carbons (Fsp3) is 0.136. The maximum atomic E-state index is 12.9. The molecule has 0 radical (unpaired) electrons. The number of rotatable bonds is 9. The van der Waals surface area contributed by atoms with Crippen LogP contribution in [0, 0.1) is 5.82 Å². The zero-order chi connectivity index (χ0) is 23.0. The van der Waals surface area contributed by atoms with Crippen LogP contribution in [0.3, 0.4) is 0 Å². The van der Waals surface area contributed by atoms with Gasteiger partial charge in [-0.2, -0.15) is 4.98 Å². The van der Waals surface area contributed by atoms with Crippen LogP contribution in [0.2, 0.25) is 0 Å². The summed E-state index contributed by atoms with van der Waals surface area (Å²) in [6.07, 6.45) is 0.0957. The predicted molar refractivity (Wildman–Crippen MR) is 123 cm³/mol. The molecule has 0 saturated heterocycles. The number of halogens is 1. The smallest absolute Gasteiger partial charge is 0.246 e. The highest BCUT2D eigenvalue weighted by molar-refractivity contribution is 8.01. The molecule has 4 aromatic rings. The lowest BCUT2D eigenvalue weighted by atomic mass is 10.2. The second-order valence-corrected chi connectivity index (χ2v) is 8.86. The summed E-state index contributed by atoms with van der Waals surface area (Å²) in [7, 11) is 0. The van der Waals surface area contributed by atoms with Crippen molar-refractivity contribution < 1.29 is 18.5 Å². The minimum Gasteiger partial charge on any atom is -0.347 e. The van der Waals surface area contributed by atoms with Crippen LogP contribution in [-0.2, 0) is 22.6 Å². The molecule has 2 N–H and O–H groups in total. The molecule has 0 fully saturated rings. The Kier molecular flexibility index (Phi) is 7.43. The predicted octanol–water partition coefficient (Wildman–Crippen LogP) is 3.92. The van der Waals surface area contributed by atoms with Crippen molar-refractivity contribution in [3.05, 3.63) is 77.4 Å². The van der Waals surface area contributed by atoms with Crippen molar-refractivity contribution in [3.63, 3.8) is 0 Å². The van der Waals surface area contributed by atoms with E-state index in [2.05, 4.69) is 25.8 Å². The zero-order valence-electron chi connectivity index (χ0n) is 17.2. The number of thiazole rings is 1. The third-order valence-electron chi connectivity index (χ3n) is 4.26. The van der Waals surface area contributed by atoms with Crippen LogP contribution >= 0.6 is 23.1 Å². The average Bonchev–Trinajstić information content (AvgIpc) is 3.48. The van der Waals surface area contributed by atoms with E-state index in [4.69, 9.17) is 4.52 Å². The fourth-order valence-electron chi connectivity index (χ4n) is 2.73. The summed E-state index contributed by atoms with van der Waals surface area (Å²) in [5, 5.41) is 11.1. The van der Waals surface area contributed by atoms with Gasteiger partial charge in [0.1, 0.15) is 5.82 Å². The Morgan fingerprint density at radius 2 is 1.82 bits per heavy atom. The summed E-state index contributed by atoms with van der Waals surface area (Å²) in [6, 6.07) is 15.0. The SMILES string of the molecule is O=C(Cc1csc(SCC(=O)Nc2ccc(F)cc2)n1)NCc1nc(-c2ccccc2)no1. The normalized spacial score (nSPS) is 10.7. The quantitative estimate of drug-likeness (QED) is 0.347. The van der Waals surface area contributed by atoms with Crippen LogP contribution in [0.1, 0.15) is 11.6 Å². The molecule has 0 spiro atoms. The Balaban J connectivity index is 1.20. The third kappa shape index (κ3) is 6.70. The maximum Gasteiger partial charge on any atom is 0.246 e. The molecule has 11 heteroatoms. The Morgan fingerprint density at radius 3 is 2.61 bits per heavy atom. The summed E-state index contributed by atoms with van der Waals surface area (Å²) in [5.74, 6) is 0.0993. The first kappa shape index (κ1) is 22.6. The first-order valence-corrected chi connectivity index (χ1v) is 11.7. The molecular formula is C22H18FN5O3S2. The van der Waals surface area contributed by atoms with Gasteiger partial charge in [0.2, 0.25) is 23.5 Å². The van der Waals surface area contributed by atoms with Gasteiger partial charge in [-0.05, 0) is 24.3 Å². The molecule has 0 atom stereocenters. The van der Waals surface area contributed by atoms with Crippen LogP contribution in [0.4, 0.5) is 10.1 Å². The minimum absolute atomic E-state index is 0.0957. The summed E-state index contributed by atoms with van der Waals surface area (Å²) >= 11 is 2.62. The van der Waals surface area contributed by atoms with Crippen molar-refractivity contribution in [2.75, 3.05) is 11.1 Å². The van der Waals surface area contributed by atoms with Crippen molar-refractivity contribution in [1.29, 1.82) is 0 Å². The fourth-order valence-corrected chi connectivity index (χ4v) is 4.37. The molecular weight excluding hydrogens is 465 g/mol. The zero-order valence-corrected chi connectivity index (χ0v) is 18.8. The number of carbonyl (C=O) groups is 2. The molecule has 0 saturated carbocycles. The van der Waals surface area contributed by atoms with Crippen LogP contribution in [-0.4, -0.2) is 32.7 Å². The van der Waals surface area contributed by atoms with Crippen molar-refractivity contribution in [2.24, 2.45) is 0 Å². The van der Waals surface area contributed by atoms with E-state index in [1.165, 1.54) is 47.4 Å². The Morgan fingerprint density at radius 1 is 1.03 bits per heavy atom. The molecule has 0 bridgehead atoms. The van der Waals surface area contributed by atoms with Crippen molar-refractivity contribution in [2.45, 2.75) is 17.3 Å². The highest BCUT2D eigenvalue weighted by Crippen LogP contribution is 2.23. The molecule has 4 rings (SSSR count). The number of nitrogens with zero attached hydrogens (tertiary/aromatic N) is 3. The number of benzene rings is 2. The van der Waals surface area contributed by atoms with Gasteiger partial charge < -0.3 is 15.2 Å². The molecule has 33 heavy (non-hydrogen) atoms. The molecule has 2 aromatic heterocycles. The van der Waals surface area contributed by atoms with E-state index in [0.29, 0.717) is 27.4 Å². The molecule has 2 aromatic carbocycles. The Labute approximate surface area is 196 Å². The van der Waals surface area contributed by atoms with E-state index in [1.54, 1.807) is 5.38 Å². The van der Waals surface area contributed by atoms with Crippen molar-refractivity contribution >= 4 is 40.6 Å². The summed E-state index contributed by atoms with van der Waals surface area (Å²) in [4.78, 5) is 32.9. The third-order valence-corrected chi connectivity index (χ3v) is 6.33. The van der Waals surface area contributed by atoms with Crippen molar-refractivity contribution in [1.82, 2.24) is 20.4 Å². The van der Waals surface area contributed by atoms with E-state index in [0.717, 1.165) is 5.56 Å². The highest BCUT2D eigenvalue weighted by atomic mass is 32.2. The van der Waals surface area contributed by atoms with Gasteiger partial charge in [0.15, 0.2) is 4.34 Å². The van der Waals surface area contributed by atoms with Gasteiger partial charge in [0.25, 0.3) is 0 Å². The van der Waals surface area contributed by atoms with Gasteiger partial charge in [-0.25, -0.2) is 9.37 Å². The number of thioether (sulfide) groups is 1. The maximum absolute atomic E-state index is 12.9. The number of amides is 2. The minimum atomic E-state index is -0.365. The number of hydrogen-bond donors (Lipinski definition) is 2. The second-order valence-electron chi connectivity index (χ2n) is 6.78. The van der Waals surface area contributed by atoms with Gasteiger partial charge in [-0.15, -0.1) is 11.3 Å². The molecule has 0 aliphatic carbocycles. The van der Waals surface area contributed by atoms with Gasteiger partial charge in [-0.1, -0.05) is 47.3 Å². The molecule has 8 nitrogen and oxygen atoms in total. The number of anilines is 1. The van der Waals surface area contributed by atoms with Gasteiger partial charge in [-0.3, -0.25) is 9.59 Å². The van der Waals surface area contributed by atoms with Crippen LogP contribution in [0.25, 0.3) is 11.4 Å². The lowest BCUT2D eigenvalue weighted by molar-refractivity contribution is -0.120. The van der Waals surface area contributed by atoms with E-state index in [1.807, 2.05) is 30.3 Å². The summed E-state index contributed by atoms with van der Waals surface area (Å²) in [5.41, 5.74) is 1.96. The number of hydrogen-bond acceptors (Lipinski definition) is 8. The monoisotopic (exact) mass is 483 g/mol. The van der Waals surface area contributed by atoms with Gasteiger partial charge in [0, 0.05) is 16.6 Å². The van der Waals surface area contributed by atoms with Crippen LogP contribution < -0.4 is 10.6 Å². The molecule has 2 heterocycles. The molecule has 2 amide bonds. The van der Waals surface area contributed by atoms with E-state index in [-0.39, 0.29) is 36.4 Å². The molecule has 0 unspecified atom stereocenters. The average molecular weight is 484 g/mol. The number of aromatic nitrogens is 3. The standard InChI is InChI=1S/C22H18FN5O3S2/c23-15-6-8-16(9-7-15)25-19(30)13-33-22-26-17(12-32-22)10-18(29)24-11-20-27-21(28-31-20)14-4-2-1-3-5-14/h1-9,12H,10-11,13H2,(H,24,29)(H,25,30). The highest BCUT2D eigenvalue weighted by Gasteiger charge is 2.12. The lowest BCUT2D eigenvalue weighted by Crippen LogP contribution is -2.24. The van der Waals surface area contributed by atoms with Crippen molar-refractivity contribution in [3.8, 4) is 11.4 Å². The first-order chi connectivity index (χ1) is 16.0. The second kappa shape index (κ2) is 10.8. The lowest BCUT2D eigenvalue weighted by Gasteiger charge is -2.03. The van der Waals surface area contributed by atoms with Crippen LogP contribution in [0.5, 0.6) is 0 Å². The molecule has 0 aliphatic heterocycles. The summed E-state index contributed by atoms with van der Waals surface area (Å²) < 4.78 is 18.8. The van der Waals surface area contributed by atoms with E-state index >= 15 is 0 Å². The van der Waals surface area contributed by atoms with Gasteiger partial charge >= 0.3 is 0 Å². The first-order valence-electron chi connectivity index (χ1n) is 9.82. The molecule has 0 aliphatic rings. The number of nitrogens with one attached hydrogen (secondary N) is 2. The molecule has 168 valence electrons. The Hall–Kier alpha value is -3.57. The largest absolute Gasteiger partial charge is 0.347 e. The number of carbonyl (C=O) groups excluding carboxylic acids is 2. The summed E-state index contributed by atoms with van der Waals surface area (Å²) in [6.45, 7) is 0.119. The van der Waals surface area contributed by atoms with E-state index in [9.17, 15) is 14.0 Å². The topological polar surface area (TPSA) is 110 Å². The van der Waals surface area contributed by atoms with Gasteiger partial charge in [0.05, 0.1) is 24.4 Å². The van der Waals surface area contributed by atoms with E-state index < -0.39 is 0 Å². The Bertz CT molecular complexity index is 1230. The van der Waals surface area contributed by atoms with Crippen LogP contribution in [0.15, 0.2) is 68.8 Å².